The van der Waals surface area contributed by atoms with Crippen LogP contribution in [0.1, 0.15) is 69.0 Å². The van der Waals surface area contributed by atoms with Crippen LogP contribution >= 0.6 is 0 Å². The van der Waals surface area contributed by atoms with Crippen molar-refractivity contribution in [3.05, 3.63) is 96.3 Å². The van der Waals surface area contributed by atoms with Gasteiger partial charge in [-0.2, -0.15) is 5.10 Å². The number of carbonyl (C=O) groups excluding carboxylic acids is 1. The first kappa shape index (κ1) is 29.9. The van der Waals surface area contributed by atoms with Crippen molar-refractivity contribution in [3.63, 3.8) is 0 Å². The van der Waals surface area contributed by atoms with Crippen molar-refractivity contribution < 1.29 is 9.32 Å². The summed E-state index contributed by atoms with van der Waals surface area (Å²) >= 11 is 0. The Morgan fingerprint density at radius 1 is 1.08 bits per heavy atom. The number of amides is 1. The van der Waals surface area contributed by atoms with Gasteiger partial charge in [0.1, 0.15) is 17.3 Å². The maximum Gasteiger partial charge on any atom is 0.259 e. The standard InChI is InChI=1S/C28H34N6O2.C2H6/c1-9-11-12-20(10-2)26-25(18(3)34(8)32-26)27(35)31-22-15-13-21(14-16-22)29-19(4)30-24-17-23(36-33-24)28(5,6)7;1-2/h9-17,29H,2,4H2,1,3,5-8H3,(H,30,33)(H,31,35);1-2H3/b11-9-,20-12+;. The molecule has 1 aromatic carbocycles. The van der Waals surface area contributed by atoms with Crippen LogP contribution in [0.4, 0.5) is 17.2 Å². The summed E-state index contributed by atoms with van der Waals surface area (Å²) in [6.07, 6.45) is 7.38. The Bertz CT molecular complexity index is 1320. The minimum atomic E-state index is -0.240. The molecule has 8 heteroatoms. The predicted octanol–water partition coefficient (Wildman–Crippen LogP) is 7.43. The molecule has 0 saturated carbocycles. The lowest BCUT2D eigenvalue weighted by Gasteiger charge is -2.12. The van der Waals surface area contributed by atoms with Gasteiger partial charge < -0.3 is 20.5 Å². The lowest BCUT2D eigenvalue weighted by molar-refractivity contribution is 0.102. The van der Waals surface area contributed by atoms with Crippen molar-refractivity contribution in [1.29, 1.82) is 0 Å². The van der Waals surface area contributed by atoms with Crippen LogP contribution in [0.2, 0.25) is 0 Å². The van der Waals surface area contributed by atoms with Gasteiger partial charge in [0, 0.05) is 41.2 Å². The van der Waals surface area contributed by atoms with E-state index in [0.717, 1.165) is 22.7 Å². The number of allylic oxidation sites excluding steroid dienone is 5. The molecular formula is C30H40N6O2. The molecule has 1 amide bonds. The monoisotopic (exact) mass is 516 g/mol. The van der Waals surface area contributed by atoms with E-state index >= 15 is 0 Å². The summed E-state index contributed by atoms with van der Waals surface area (Å²) < 4.78 is 7.09. The predicted molar refractivity (Wildman–Crippen MR) is 158 cm³/mol. The third-order valence-corrected chi connectivity index (χ3v) is 5.49. The molecule has 0 radical (unpaired) electrons. The summed E-state index contributed by atoms with van der Waals surface area (Å²) in [6.45, 7) is 21.8. The lowest BCUT2D eigenvalue weighted by atomic mass is 9.93. The zero-order chi connectivity index (χ0) is 28.5. The number of hydrogen-bond acceptors (Lipinski definition) is 6. The molecule has 0 atom stereocenters. The van der Waals surface area contributed by atoms with E-state index < -0.39 is 0 Å². The Morgan fingerprint density at radius 3 is 2.21 bits per heavy atom. The van der Waals surface area contributed by atoms with Crippen molar-refractivity contribution in [2.24, 2.45) is 7.05 Å². The third-order valence-electron chi connectivity index (χ3n) is 5.49. The molecule has 0 aliphatic carbocycles. The summed E-state index contributed by atoms with van der Waals surface area (Å²) in [4.78, 5) is 13.2. The highest BCUT2D eigenvalue weighted by Crippen LogP contribution is 2.26. The van der Waals surface area contributed by atoms with E-state index in [1.54, 1.807) is 10.8 Å². The van der Waals surface area contributed by atoms with Crippen molar-refractivity contribution >= 4 is 28.7 Å². The summed E-state index contributed by atoms with van der Waals surface area (Å²) in [7, 11) is 1.82. The first-order chi connectivity index (χ1) is 18.0. The van der Waals surface area contributed by atoms with Crippen LogP contribution in [0.3, 0.4) is 0 Å². The van der Waals surface area contributed by atoms with E-state index in [4.69, 9.17) is 4.52 Å². The maximum atomic E-state index is 13.2. The van der Waals surface area contributed by atoms with Gasteiger partial charge in [-0.05, 0) is 38.1 Å². The van der Waals surface area contributed by atoms with Crippen molar-refractivity contribution in [1.82, 2.24) is 14.9 Å². The normalized spacial score (nSPS) is 11.5. The van der Waals surface area contributed by atoms with E-state index in [1.807, 2.05) is 83.3 Å². The Morgan fingerprint density at radius 2 is 1.68 bits per heavy atom. The second-order valence-electron chi connectivity index (χ2n) is 9.37. The van der Waals surface area contributed by atoms with E-state index in [1.165, 1.54) is 0 Å². The zero-order valence-corrected chi connectivity index (χ0v) is 23.8. The molecule has 0 unspecified atom stereocenters. The lowest BCUT2D eigenvalue weighted by Crippen LogP contribution is -2.14. The fourth-order valence-corrected chi connectivity index (χ4v) is 3.40. The number of anilines is 3. The highest BCUT2D eigenvalue weighted by atomic mass is 16.5. The zero-order valence-electron chi connectivity index (χ0n) is 23.8. The number of hydrogen-bond donors (Lipinski definition) is 3. The number of carbonyl (C=O) groups is 1. The Balaban J connectivity index is 0.00000247. The molecule has 2 heterocycles. The average Bonchev–Trinajstić information content (AvgIpc) is 3.46. The van der Waals surface area contributed by atoms with Crippen LogP contribution in [0, 0.1) is 6.92 Å². The summed E-state index contributed by atoms with van der Waals surface area (Å²) in [5, 5.41) is 17.8. The van der Waals surface area contributed by atoms with Gasteiger partial charge in [-0.15, -0.1) is 0 Å². The van der Waals surface area contributed by atoms with Gasteiger partial charge >= 0.3 is 0 Å². The summed E-state index contributed by atoms with van der Waals surface area (Å²) in [6, 6.07) is 9.19. The molecule has 0 saturated heterocycles. The molecule has 0 fully saturated rings. The van der Waals surface area contributed by atoms with Gasteiger partial charge in [-0.3, -0.25) is 9.48 Å². The number of aromatic nitrogens is 3. The highest BCUT2D eigenvalue weighted by Gasteiger charge is 2.22. The van der Waals surface area contributed by atoms with Gasteiger partial charge in [0.15, 0.2) is 5.82 Å². The topological polar surface area (TPSA) is 97.0 Å². The molecular weight excluding hydrogens is 476 g/mol. The third kappa shape index (κ3) is 7.59. The van der Waals surface area contributed by atoms with Crippen LogP contribution in [-0.4, -0.2) is 20.8 Å². The first-order valence-electron chi connectivity index (χ1n) is 12.6. The van der Waals surface area contributed by atoms with Crippen molar-refractivity contribution in [3.8, 4) is 0 Å². The van der Waals surface area contributed by atoms with E-state index in [-0.39, 0.29) is 11.3 Å². The smallest absolute Gasteiger partial charge is 0.259 e. The van der Waals surface area contributed by atoms with E-state index in [9.17, 15) is 4.79 Å². The molecule has 3 N–H and O–H groups in total. The molecule has 202 valence electrons. The van der Waals surface area contributed by atoms with Gasteiger partial charge in [-0.25, -0.2) is 0 Å². The molecule has 0 aliphatic heterocycles. The second-order valence-corrected chi connectivity index (χ2v) is 9.37. The molecule has 2 aromatic heterocycles. The average molecular weight is 517 g/mol. The molecule has 0 bridgehead atoms. The Kier molecular flexibility index (Phi) is 10.4. The van der Waals surface area contributed by atoms with Crippen molar-refractivity contribution in [2.75, 3.05) is 16.0 Å². The molecule has 3 aromatic rings. The Labute approximate surface area is 226 Å². The summed E-state index contributed by atoms with van der Waals surface area (Å²) in [5.74, 6) is 1.66. The van der Waals surface area contributed by atoms with Gasteiger partial charge in [0.2, 0.25) is 0 Å². The molecule has 0 spiro atoms. The number of rotatable bonds is 9. The summed E-state index contributed by atoms with van der Waals surface area (Å²) in [5.41, 5.74) is 3.95. The Hall–Kier alpha value is -4.33. The minimum absolute atomic E-state index is 0.132. The van der Waals surface area contributed by atoms with Crippen LogP contribution in [0.25, 0.3) is 5.57 Å². The number of benzene rings is 1. The van der Waals surface area contributed by atoms with Crippen LogP contribution in [0.5, 0.6) is 0 Å². The van der Waals surface area contributed by atoms with Crippen LogP contribution in [0.15, 0.2) is 78.1 Å². The maximum absolute atomic E-state index is 13.2. The van der Waals surface area contributed by atoms with E-state index in [0.29, 0.717) is 28.6 Å². The number of aryl methyl sites for hydroxylation is 1. The second kappa shape index (κ2) is 13.3. The number of nitrogens with one attached hydrogen (secondary N) is 3. The fourth-order valence-electron chi connectivity index (χ4n) is 3.40. The minimum Gasteiger partial charge on any atom is -0.359 e. The quantitative estimate of drug-likeness (QED) is 0.256. The van der Waals surface area contributed by atoms with Crippen LogP contribution in [-0.2, 0) is 12.5 Å². The fraction of sp³-hybridized carbons (Fsp3) is 0.300. The molecule has 3 rings (SSSR count). The van der Waals surface area contributed by atoms with Gasteiger partial charge in [0.05, 0.1) is 5.56 Å². The van der Waals surface area contributed by atoms with Crippen LogP contribution < -0.4 is 16.0 Å². The van der Waals surface area contributed by atoms with E-state index in [2.05, 4.69) is 60.1 Å². The van der Waals surface area contributed by atoms with Gasteiger partial charge in [-0.1, -0.05) is 77.2 Å². The first-order valence-corrected chi connectivity index (χ1v) is 12.6. The molecule has 38 heavy (non-hydrogen) atoms. The SMILES string of the molecule is C=C/C(=C\C=C/C)c1nn(C)c(C)c1C(=O)Nc1ccc(NC(=C)Nc2cc(C(C)(C)C)on2)cc1.CC. The highest BCUT2D eigenvalue weighted by molar-refractivity contribution is 6.08. The van der Waals surface area contributed by atoms with Gasteiger partial charge in [0.25, 0.3) is 5.91 Å². The molecule has 8 nitrogen and oxygen atoms in total. The number of nitrogens with zero attached hydrogens (tertiary/aromatic N) is 3. The van der Waals surface area contributed by atoms with Crippen molar-refractivity contribution in [2.45, 2.75) is 53.9 Å². The molecule has 0 aliphatic rings. The largest absolute Gasteiger partial charge is 0.359 e.